The van der Waals surface area contributed by atoms with Crippen LogP contribution in [0.4, 0.5) is 0 Å². The quantitative estimate of drug-likeness (QED) is 0.276. The Labute approximate surface area is 182 Å². The molecule has 1 aromatic rings. The van der Waals surface area contributed by atoms with Gasteiger partial charge in [-0.05, 0) is 58.1 Å². The van der Waals surface area contributed by atoms with Crippen LogP contribution in [-0.2, 0) is 9.63 Å². The van der Waals surface area contributed by atoms with Crippen LogP contribution in [0.1, 0.15) is 45.1 Å². The lowest BCUT2D eigenvalue weighted by Crippen LogP contribution is -2.52. The first-order chi connectivity index (χ1) is 14.2. The summed E-state index contributed by atoms with van der Waals surface area (Å²) in [5.41, 5.74) is 0.834. The fraction of sp³-hybridized carbons (Fsp3) is 0.667. The number of aliphatic hydroxyl groups is 1. The van der Waals surface area contributed by atoms with E-state index in [1.54, 1.807) is 11.8 Å². The SMILES string of the molecule is Cc1ccccc1SCC(O)CNC(C)(C)CNC(=O)C1CCC(O[N+](=O)[O-])CC1. The highest BCUT2D eigenvalue weighted by Gasteiger charge is 2.29. The third kappa shape index (κ3) is 8.49. The molecule has 3 N–H and O–H groups in total. The maximum atomic E-state index is 12.4. The highest BCUT2D eigenvalue weighted by Crippen LogP contribution is 2.26. The van der Waals surface area contributed by atoms with Gasteiger partial charge in [0.15, 0.2) is 0 Å². The van der Waals surface area contributed by atoms with Gasteiger partial charge in [0, 0.05) is 35.2 Å². The second-order valence-corrected chi connectivity index (χ2v) is 9.58. The number of rotatable bonds is 11. The van der Waals surface area contributed by atoms with E-state index in [4.69, 9.17) is 0 Å². The first-order valence-electron chi connectivity index (χ1n) is 10.4. The molecule has 1 fully saturated rings. The molecule has 8 nitrogen and oxygen atoms in total. The van der Waals surface area contributed by atoms with Crippen molar-refractivity contribution in [2.75, 3.05) is 18.8 Å². The van der Waals surface area contributed by atoms with Gasteiger partial charge in [-0.15, -0.1) is 21.9 Å². The number of hydrogen-bond donors (Lipinski definition) is 3. The monoisotopic (exact) mass is 439 g/mol. The number of aliphatic hydroxyl groups excluding tert-OH is 1. The van der Waals surface area contributed by atoms with Crippen LogP contribution in [-0.4, -0.2) is 52.7 Å². The summed E-state index contributed by atoms with van der Waals surface area (Å²) in [7, 11) is 0. The van der Waals surface area contributed by atoms with E-state index in [2.05, 4.69) is 34.5 Å². The van der Waals surface area contributed by atoms with E-state index >= 15 is 0 Å². The predicted octanol–water partition coefficient (Wildman–Crippen LogP) is 2.70. The molecule has 1 atom stereocenters. The van der Waals surface area contributed by atoms with Gasteiger partial charge in [0.05, 0.1) is 6.10 Å². The van der Waals surface area contributed by atoms with Gasteiger partial charge < -0.3 is 20.6 Å². The molecular weight excluding hydrogens is 406 g/mol. The van der Waals surface area contributed by atoms with Gasteiger partial charge in [0.25, 0.3) is 5.09 Å². The molecule has 30 heavy (non-hydrogen) atoms. The van der Waals surface area contributed by atoms with Crippen molar-refractivity contribution in [1.82, 2.24) is 10.6 Å². The smallest absolute Gasteiger partial charge is 0.294 e. The number of β-amino-alcohol motifs (C(OH)–C–C–N with tert-alkyl or cyclic N) is 1. The lowest BCUT2D eigenvalue weighted by atomic mass is 9.86. The maximum absolute atomic E-state index is 12.4. The lowest BCUT2D eigenvalue weighted by Gasteiger charge is -2.30. The van der Waals surface area contributed by atoms with Gasteiger partial charge in [0.2, 0.25) is 5.91 Å². The minimum Gasteiger partial charge on any atom is -0.391 e. The Kier molecular flexibility index (Phi) is 9.38. The van der Waals surface area contributed by atoms with Gasteiger partial charge in [0.1, 0.15) is 6.10 Å². The van der Waals surface area contributed by atoms with Crippen LogP contribution in [0, 0.1) is 23.0 Å². The lowest BCUT2D eigenvalue weighted by molar-refractivity contribution is -0.769. The molecule has 2 rings (SSSR count). The number of amides is 1. The Morgan fingerprint density at radius 1 is 1.33 bits per heavy atom. The molecule has 0 spiro atoms. The van der Waals surface area contributed by atoms with Crippen molar-refractivity contribution >= 4 is 17.7 Å². The Bertz CT molecular complexity index is 708. The molecule has 1 unspecified atom stereocenters. The minimum absolute atomic E-state index is 0.0277. The number of nitrogens with zero attached hydrogens (tertiary/aromatic N) is 1. The zero-order valence-corrected chi connectivity index (χ0v) is 18.7. The predicted molar refractivity (Wildman–Crippen MR) is 117 cm³/mol. The van der Waals surface area contributed by atoms with Gasteiger partial charge in [-0.3, -0.25) is 4.79 Å². The fourth-order valence-electron chi connectivity index (χ4n) is 3.42. The van der Waals surface area contributed by atoms with Crippen molar-refractivity contribution in [2.24, 2.45) is 5.92 Å². The first kappa shape index (κ1) is 24.4. The average molecular weight is 440 g/mol. The number of hydrogen-bond acceptors (Lipinski definition) is 7. The molecule has 0 aromatic heterocycles. The number of thioether (sulfide) groups is 1. The molecule has 1 aromatic carbocycles. The molecule has 0 bridgehead atoms. The second kappa shape index (κ2) is 11.5. The van der Waals surface area contributed by atoms with Crippen molar-refractivity contribution in [3.8, 4) is 0 Å². The van der Waals surface area contributed by atoms with Crippen molar-refractivity contribution < 1.29 is 19.8 Å². The van der Waals surface area contributed by atoms with E-state index in [9.17, 15) is 20.0 Å². The Morgan fingerprint density at radius 2 is 2.00 bits per heavy atom. The normalized spacial score (nSPS) is 20.4. The molecule has 9 heteroatoms. The zero-order chi connectivity index (χ0) is 22.1. The van der Waals surface area contributed by atoms with Crippen molar-refractivity contribution in [1.29, 1.82) is 0 Å². The standard InChI is InChI=1S/C21H33N3O5S/c1-15-6-4-5-7-19(15)30-13-17(25)12-23-21(2,3)14-22-20(26)16-8-10-18(11-9-16)29-24(27)28/h4-7,16-18,23,25H,8-14H2,1-3H3,(H,22,26). The second-order valence-electron chi connectivity index (χ2n) is 8.52. The van der Waals surface area contributed by atoms with E-state index in [0.717, 1.165) is 0 Å². The number of carbonyl (C=O) groups excluding carboxylic acids is 1. The van der Waals surface area contributed by atoms with Gasteiger partial charge in [-0.2, -0.15) is 0 Å². The van der Waals surface area contributed by atoms with Crippen LogP contribution in [0.5, 0.6) is 0 Å². The summed E-state index contributed by atoms with van der Waals surface area (Å²) in [6.07, 6.45) is 1.32. The summed E-state index contributed by atoms with van der Waals surface area (Å²) < 4.78 is 0. The van der Waals surface area contributed by atoms with Crippen molar-refractivity contribution in [3.05, 3.63) is 39.9 Å². The highest BCUT2D eigenvalue weighted by molar-refractivity contribution is 7.99. The summed E-state index contributed by atoms with van der Waals surface area (Å²) in [4.78, 5) is 28.6. The molecule has 1 aliphatic rings. The molecule has 0 heterocycles. The van der Waals surface area contributed by atoms with E-state index in [1.807, 2.05) is 26.0 Å². The highest BCUT2D eigenvalue weighted by atomic mass is 32.2. The molecule has 0 saturated heterocycles. The number of carbonyl (C=O) groups is 1. The van der Waals surface area contributed by atoms with Crippen LogP contribution in [0.2, 0.25) is 0 Å². The number of aryl methyl sites for hydroxylation is 1. The molecule has 0 aliphatic heterocycles. The molecule has 1 saturated carbocycles. The third-order valence-electron chi connectivity index (χ3n) is 5.33. The molecule has 168 valence electrons. The molecule has 1 amide bonds. The number of benzene rings is 1. The minimum atomic E-state index is -0.757. The van der Waals surface area contributed by atoms with E-state index < -0.39 is 17.3 Å². The fourth-order valence-corrected chi connectivity index (χ4v) is 4.38. The van der Waals surface area contributed by atoms with Gasteiger partial charge in [-0.25, -0.2) is 0 Å². The van der Waals surface area contributed by atoms with Crippen LogP contribution >= 0.6 is 11.8 Å². The summed E-state index contributed by atoms with van der Waals surface area (Å²) in [6.45, 7) is 6.90. The zero-order valence-electron chi connectivity index (χ0n) is 17.9. The van der Waals surface area contributed by atoms with Crippen molar-refractivity contribution in [2.45, 2.75) is 69.1 Å². The summed E-state index contributed by atoms with van der Waals surface area (Å²) in [5, 5.41) is 26.3. The Balaban J connectivity index is 1.66. The summed E-state index contributed by atoms with van der Waals surface area (Å²) in [6, 6.07) is 8.10. The van der Waals surface area contributed by atoms with Crippen LogP contribution in [0.15, 0.2) is 29.2 Å². The Morgan fingerprint density at radius 3 is 2.63 bits per heavy atom. The van der Waals surface area contributed by atoms with Crippen molar-refractivity contribution in [3.63, 3.8) is 0 Å². The molecular formula is C21H33N3O5S. The summed E-state index contributed by atoms with van der Waals surface area (Å²) in [5.74, 6) is 0.430. The maximum Gasteiger partial charge on any atom is 0.294 e. The van der Waals surface area contributed by atoms with E-state index in [0.29, 0.717) is 44.5 Å². The number of nitrogens with one attached hydrogen (secondary N) is 2. The van der Waals surface area contributed by atoms with E-state index in [1.165, 1.54) is 10.5 Å². The average Bonchev–Trinajstić information content (AvgIpc) is 2.70. The van der Waals surface area contributed by atoms with Crippen LogP contribution < -0.4 is 10.6 Å². The molecule has 0 radical (unpaired) electrons. The topological polar surface area (TPSA) is 114 Å². The first-order valence-corrected chi connectivity index (χ1v) is 11.4. The van der Waals surface area contributed by atoms with Gasteiger partial charge >= 0.3 is 0 Å². The van der Waals surface area contributed by atoms with Gasteiger partial charge in [-0.1, -0.05) is 18.2 Å². The molecule has 1 aliphatic carbocycles. The van der Waals surface area contributed by atoms with E-state index in [-0.39, 0.29) is 17.4 Å². The Hall–Kier alpha value is -1.84. The van der Waals surface area contributed by atoms with Crippen LogP contribution in [0.3, 0.4) is 0 Å². The third-order valence-corrected chi connectivity index (χ3v) is 6.65. The summed E-state index contributed by atoms with van der Waals surface area (Å²) >= 11 is 1.63. The largest absolute Gasteiger partial charge is 0.391 e. The van der Waals surface area contributed by atoms with Crippen LogP contribution in [0.25, 0.3) is 0 Å².